The van der Waals surface area contributed by atoms with Gasteiger partial charge in [0, 0.05) is 11.5 Å². The Balaban J connectivity index is 1.27. The van der Waals surface area contributed by atoms with Gasteiger partial charge in [0.15, 0.2) is 0 Å². The predicted octanol–water partition coefficient (Wildman–Crippen LogP) is 12.1. The fourth-order valence-corrected chi connectivity index (χ4v) is 7.67. The van der Waals surface area contributed by atoms with E-state index in [1.54, 1.807) is 0 Å². The largest absolute Gasteiger partial charge is 0.115 e. The van der Waals surface area contributed by atoms with E-state index in [-0.39, 0.29) is 5.92 Å². The molecule has 0 fully saturated rings. The molecule has 0 saturated carbocycles. The van der Waals surface area contributed by atoms with Gasteiger partial charge in [-0.3, -0.25) is 0 Å². The molecule has 47 heavy (non-hydrogen) atoms. The van der Waals surface area contributed by atoms with Gasteiger partial charge in [0.2, 0.25) is 0 Å². The number of hydrogen-bond acceptors (Lipinski definition) is 0. The van der Waals surface area contributed by atoms with Crippen molar-refractivity contribution in [1.82, 2.24) is 0 Å². The molecule has 0 nitrogen and oxygen atoms in total. The molecule has 1 aliphatic carbocycles. The van der Waals surface area contributed by atoms with Crippen molar-refractivity contribution >= 4 is 44.0 Å². The number of terminal acetylenes is 1. The van der Waals surface area contributed by atoms with Crippen LogP contribution in [0.1, 0.15) is 33.7 Å². The molecule has 0 bridgehead atoms. The smallest absolute Gasteiger partial charge is 0.0352 e. The lowest BCUT2D eigenvalue weighted by atomic mass is 9.83. The molecule has 1 atom stereocenters. The summed E-state index contributed by atoms with van der Waals surface area (Å²) in [5.74, 6) is 2.96. The van der Waals surface area contributed by atoms with Crippen LogP contribution in [0.3, 0.4) is 0 Å². The van der Waals surface area contributed by atoms with Crippen molar-refractivity contribution in [2.75, 3.05) is 0 Å². The van der Waals surface area contributed by atoms with Gasteiger partial charge >= 0.3 is 0 Å². The average molecular weight is 595 g/mol. The Kier molecular flexibility index (Phi) is 6.37. The molecule has 8 aromatic carbocycles. The Labute approximate surface area is 275 Å². The number of rotatable bonds is 4. The first-order chi connectivity index (χ1) is 23.3. The molecule has 0 N–H and O–H groups in total. The zero-order valence-corrected chi connectivity index (χ0v) is 25.8. The maximum Gasteiger partial charge on any atom is 0.0352 e. The first kappa shape index (κ1) is 27.2. The zero-order valence-electron chi connectivity index (χ0n) is 25.8. The van der Waals surface area contributed by atoms with Gasteiger partial charge in [-0.25, -0.2) is 0 Å². The summed E-state index contributed by atoms with van der Waals surface area (Å²) in [7, 11) is 0. The minimum atomic E-state index is 0.136. The summed E-state index contributed by atoms with van der Waals surface area (Å²) >= 11 is 0. The van der Waals surface area contributed by atoms with Crippen LogP contribution in [0.4, 0.5) is 0 Å². The van der Waals surface area contributed by atoms with Crippen molar-refractivity contribution in [2.24, 2.45) is 0 Å². The van der Waals surface area contributed by atoms with E-state index in [2.05, 4.69) is 176 Å². The third-order valence-corrected chi connectivity index (χ3v) is 9.77. The lowest BCUT2D eigenvalue weighted by Gasteiger charge is -2.20. The summed E-state index contributed by atoms with van der Waals surface area (Å²) in [5.41, 5.74) is 12.2. The minimum Gasteiger partial charge on any atom is -0.115 e. The van der Waals surface area contributed by atoms with Gasteiger partial charge in [0.1, 0.15) is 0 Å². The summed E-state index contributed by atoms with van der Waals surface area (Å²) in [6, 6.07) is 59.6. The molecule has 1 aliphatic rings. The van der Waals surface area contributed by atoms with Crippen LogP contribution in [0.15, 0.2) is 164 Å². The van der Waals surface area contributed by atoms with E-state index in [1.807, 2.05) is 0 Å². The highest BCUT2D eigenvalue weighted by Gasteiger charge is 2.28. The second kappa shape index (κ2) is 11.0. The topological polar surface area (TPSA) is 0 Å². The monoisotopic (exact) mass is 594 g/mol. The molecule has 0 amide bonds. The first-order valence-corrected chi connectivity index (χ1v) is 16.2. The second-order valence-electron chi connectivity index (χ2n) is 12.4. The van der Waals surface area contributed by atoms with Crippen molar-refractivity contribution in [2.45, 2.75) is 5.92 Å². The van der Waals surface area contributed by atoms with Gasteiger partial charge in [-0.15, -0.1) is 6.42 Å². The number of benzene rings is 8. The Morgan fingerprint density at radius 2 is 1.04 bits per heavy atom. The van der Waals surface area contributed by atoms with Crippen LogP contribution in [0.25, 0.3) is 66.2 Å². The standard InChI is InChI=1S/C47H30/c1-2-31-23-26-39-38(27-31)30-44(45(39)33-14-4-3-5-15-33)35-17-12-18-36(29-35)46-40-19-8-10-21-42(40)47(43-22-11-9-20-41(43)46)37-25-24-32-13-6-7-16-34(32)28-37/h1,3-30,45H. The third kappa shape index (κ3) is 4.48. The molecule has 0 heterocycles. The van der Waals surface area contributed by atoms with Crippen LogP contribution >= 0.6 is 0 Å². The Morgan fingerprint density at radius 1 is 0.447 bits per heavy atom. The fraction of sp³-hybridized carbons (Fsp3) is 0.0213. The highest BCUT2D eigenvalue weighted by molar-refractivity contribution is 6.21. The van der Waals surface area contributed by atoms with Crippen molar-refractivity contribution in [1.29, 1.82) is 0 Å². The molecule has 0 aromatic heterocycles. The SMILES string of the molecule is C#Cc1ccc2c(c1)C=C(c1cccc(-c3c4ccccc4c(-c4ccc5ccccc5c4)c4ccccc34)c1)C2c1ccccc1. The fourth-order valence-electron chi connectivity index (χ4n) is 7.67. The Bertz CT molecular complexity index is 2520. The molecular weight excluding hydrogens is 565 g/mol. The maximum absolute atomic E-state index is 5.81. The van der Waals surface area contributed by atoms with Gasteiger partial charge in [-0.2, -0.15) is 0 Å². The third-order valence-electron chi connectivity index (χ3n) is 9.77. The van der Waals surface area contributed by atoms with E-state index in [4.69, 9.17) is 6.42 Å². The molecule has 218 valence electrons. The summed E-state index contributed by atoms with van der Waals surface area (Å²) in [5, 5.41) is 7.55. The van der Waals surface area contributed by atoms with Crippen LogP contribution in [0.5, 0.6) is 0 Å². The van der Waals surface area contributed by atoms with E-state index < -0.39 is 0 Å². The summed E-state index contributed by atoms with van der Waals surface area (Å²) in [6.45, 7) is 0. The van der Waals surface area contributed by atoms with E-state index >= 15 is 0 Å². The number of allylic oxidation sites excluding steroid dienone is 1. The first-order valence-electron chi connectivity index (χ1n) is 16.2. The quantitative estimate of drug-likeness (QED) is 0.140. The molecule has 0 radical (unpaired) electrons. The average Bonchev–Trinajstić information content (AvgIpc) is 3.53. The number of fused-ring (bicyclic) bond motifs is 4. The molecule has 9 rings (SSSR count). The minimum absolute atomic E-state index is 0.136. The zero-order chi connectivity index (χ0) is 31.3. The van der Waals surface area contributed by atoms with Crippen molar-refractivity contribution < 1.29 is 0 Å². The highest BCUT2D eigenvalue weighted by Crippen LogP contribution is 2.48. The predicted molar refractivity (Wildman–Crippen MR) is 200 cm³/mol. The molecule has 8 aromatic rings. The van der Waals surface area contributed by atoms with Crippen LogP contribution in [-0.2, 0) is 0 Å². The molecule has 0 saturated heterocycles. The summed E-state index contributed by atoms with van der Waals surface area (Å²) in [6.07, 6.45) is 8.15. The van der Waals surface area contributed by atoms with Crippen LogP contribution in [0.2, 0.25) is 0 Å². The summed E-state index contributed by atoms with van der Waals surface area (Å²) < 4.78 is 0. The summed E-state index contributed by atoms with van der Waals surface area (Å²) in [4.78, 5) is 0. The normalized spacial score (nSPS) is 13.9. The van der Waals surface area contributed by atoms with E-state index in [1.165, 1.54) is 82.4 Å². The van der Waals surface area contributed by atoms with Crippen LogP contribution in [-0.4, -0.2) is 0 Å². The molecule has 0 heteroatoms. The van der Waals surface area contributed by atoms with E-state index in [0.717, 1.165) is 5.56 Å². The molecule has 0 spiro atoms. The van der Waals surface area contributed by atoms with E-state index in [9.17, 15) is 0 Å². The van der Waals surface area contributed by atoms with E-state index in [0.29, 0.717) is 0 Å². The van der Waals surface area contributed by atoms with Gasteiger partial charge in [-0.1, -0.05) is 145 Å². The van der Waals surface area contributed by atoms with Gasteiger partial charge in [-0.05, 0) is 113 Å². The second-order valence-corrected chi connectivity index (χ2v) is 12.4. The van der Waals surface area contributed by atoms with Gasteiger partial charge in [0.05, 0.1) is 0 Å². The van der Waals surface area contributed by atoms with Crippen molar-refractivity contribution in [3.63, 3.8) is 0 Å². The molecule has 1 unspecified atom stereocenters. The highest BCUT2D eigenvalue weighted by atomic mass is 14.3. The molecule has 0 aliphatic heterocycles. The van der Waals surface area contributed by atoms with Crippen molar-refractivity contribution in [3.05, 3.63) is 192 Å². The van der Waals surface area contributed by atoms with Crippen LogP contribution < -0.4 is 0 Å². The van der Waals surface area contributed by atoms with Gasteiger partial charge in [0.25, 0.3) is 0 Å². The Morgan fingerprint density at radius 3 is 1.72 bits per heavy atom. The molecular formula is C47H30. The number of hydrogen-bond donors (Lipinski definition) is 0. The lowest BCUT2D eigenvalue weighted by Crippen LogP contribution is -2.01. The van der Waals surface area contributed by atoms with Crippen LogP contribution in [0, 0.1) is 12.3 Å². The van der Waals surface area contributed by atoms with Crippen molar-refractivity contribution in [3.8, 4) is 34.6 Å². The Hall–Kier alpha value is -6.16. The van der Waals surface area contributed by atoms with Gasteiger partial charge < -0.3 is 0 Å². The lowest BCUT2D eigenvalue weighted by molar-refractivity contribution is 1.07. The maximum atomic E-state index is 5.81.